The van der Waals surface area contributed by atoms with Crippen LogP contribution in [0.5, 0.6) is 0 Å². The van der Waals surface area contributed by atoms with E-state index in [9.17, 15) is 5.26 Å². The van der Waals surface area contributed by atoms with Gasteiger partial charge in [0.25, 0.3) is 0 Å². The Bertz CT molecular complexity index is 2900. The molecule has 0 N–H and O–H groups in total. The maximum Gasteiger partial charge on any atom is 0.0992 e. The summed E-state index contributed by atoms with van der Waals surface area (Å²) in [6.07, 6.45) is 0. The zero-order chi connectivity index (χ0) is 31.1. The van der Waals surface area contributed by atoms with Crippen molar-refractivity contribution in [2.24, 2.45) is 0 Å². The molecule has 0 aliphatic carbocycles. The van der Waals surface area contributed by atoms with Crippen molar-refractivity contribution in [3.05, 3.63) is 163 Å². The summed E-state index contributed by atoms with van der Waals surface area (Å²) in [6.45, 7) is 0. The SMILES string of the molecule is N#Cc1ccc2c3c(ccc4c5ccccc5n(-c5ccc6c7ccccc7n(-c7ccccc7)c6c5)c43)n(-c3ccccc3)c2c1. The third kappa shape index (κ3) is 3.57. The van der Waals surface area contributed by atoms with Gasteiger partial charge in [-0.15, -0.1) is 0 Å². The second-order valence-corrected chi connectivity index (χ2v) is 12.1. The van der Waals surface area contributed by atoms with Crippen LogP contribution in [0.15, 0.2) is 158 Å². The van der Waals surface area contributed by atoms with Gasteiger partial charge in [-0.2, -0.15) is 5.26 Å². The maximum absolute atomic E-state index is 9.87. The Morgan fingerprint density at radius 1 is 0.362 bits per heavy atom. The molecule has 0 bridgehead atoms. The van der Waals surface area contributed by atoms with Gasteiger partial charge in [0.15, 0.2) is 0 Å². The molecule has 3 heterocycles. The minimum atomic E-state index is 0.647. The lowest BCUT2D eigenvalue weighted by Gasteiger charge is -2.12. The van der Waals surface area contributed by atoms with Gasteiger partial charge in [0.05, 0.1) is 44.7 Å². The van der Waals surface area contributed by atoms with E-state index in [0.717, 1.165) is 44.5 Å². The molecule has 0 saturated carbocycles. The highest BCUT2D eigenvalue weighted by Gasteiger charge is 2.22. The van der Waals surface area contributed by atoms with E-state index in [1.165, 1.54) is 38.0 Å². The van der Waals surface area contributed by atoms with Crippen LogP contribution in [0.2, 0.25) is 0 Å². The predicted octanol–water partition coefficient (Wildman–Crippen LogP) is 10.8. The smallest absolute Gasteiger partial charge is 0.0992 e. The standard InChI is InChI=1S/C43H26N4/c44-27-28-19-21-36-40(25-28)46(30-13-5-2-6-14-30)39-24-23-35-33-16-8-10-18-38(33)47(43(35)42(36)39)31-20-22-34-32-15-7-9-17-37(32)45(41(34)26-31)29-11-3-1-4-12-29/h1-26H. The Kier molecular flexibility index (Phi) is 5.32. The summed E-state index contributed by atoms with van der Waals surface area (Å²) in [5.41, 5.74) is 10.8. The molecular weight excluding hydrogens is 573 g/mol. The van der Waals surface area contributed by atoms with Gasteiger partial charge in [0.1, 0.15) is 0 Å². The molecule has 47 heavy (non-hydrogen) atoms. The van der Waals surface area contributed by atoms with Gasteiger partial charge in [-0.3, -0.25) is 0 Å². The molecule has 3 aromatic heterocycles. The molecule has 0 unspecified atom stereocenters. The van der Waals surface area contributed by atoms with Gasteiger partial charge in [-0.25, -0.2) is 0 Å². The number of aromatic nitrogens is 3. The average molecular weight is 599 g/mol. The summed E-state index contributed by atoms with van der Waals surface area (Å²) in [4.78, 5) is 0. The number of rotatable bonds is 3. The monoisotopic (exact) mass is 598 g/mol. The molecule has 4 nitrogen and oxygen atoms in total. The van der Waals surface area contributed by atoms with Crippen molar-refractivity contribution in [2.45, 2.75) is 0 Å². The average Bonchev–Trinajstić information content (AvgIpc) is 3.77. The molecule has 0 amide bonds. The fourth-order valence-corrected chi connectivity index (χ4v) is 7.70. The molecular formula is C43H26N4. The van der Waals surface area contributed by atoms with E-state index in [2.05, 4.69) is 159 Å². The maximum atomic E-state index is 9.87. The van der Waals surface area contributed by atoms with E-state index >= 15 is 0 Å². The van der Waals surface area contributed by atoms with E-state index in [4.69, 9.17) is 0 Å². The highest BCUT2D eigenvalue weighted by molar-refractivity contribution is 6.26. The van der Waals surface area contributed by atoms with Crippen LogP contribution in [0.1, 0.15) is 5.56 Å². The summed E-state index contributed by atoms with van der Waals surface area (Å²) in [5, 5.41) is 17.0. The minimum Gasteiger partial charge on any atom is -0.309 e. The van der Waals surface area contributed by atoms with Crippen LogP contribution in [-0.2, 0) is 0 Å². The fourth-order valence-electron chi connectivity index (χ4n) is 7.70. The first-order valence-corrected chi connectivity index (χ1v) is 15.8. The summed E-state index contributed by atoms with van der Waals surface area (Å²) < 4.78 is 7.11. The topological polar surface area (TPSA) is 38.6 Å². The molecule has 0 fully saturated rings. The molecule has 0 radical (unpaired) electrons. The molecule has 4 heteroatoms. The van der Waals surface area contributed by atoms with E-state index in [1.807, 2.05) is 18.2 Å². The number of benzene rings is 7. The Morgan fingerprint density at radius 3 is 1.60 bits per heavy atom. The molecule has 0 atom stereocenters. The summed E-state index contributed by atoms with van der Waals surface area (Å²) in [7, 11) is 0. The first kappa shape index (κ1) is 25.7. The quantitative estimate of drug-likeness (QED) is 0.199. The second-order valence-electron chi connectivity index (χ2n) is 12.1. The normalized spacial score (nSPS) is 11.8. The van der Waals surface area contributed by atoms with Crippen molar-refractivity contribution >= 4 is 65.4 Å². The van der Waals surface area contributed by atoms with Crippen molar-refractivity contribution in [3.63, 3.8) is 0 Å². The van der Waals surface area contributed by atoms with E-state index in [0.29, 0.717) is 5.56 Å². The van der Waals surface area contributed by atoms with Gasteiger partial charge in [0, 0.05) is 49.4 Å². The van der Waals surface area contributed by atoms with E-state index in [1.54, 1.807) is 0 Å². The molecule has 0 aliphatic heterocycles. The van der Waals surface area contributed by atoms with Crippen LogP contribution in [-0.4, -0.2) is 13.7 Å². The van der Waals surface area contributed by atoms with Gasteiger partial charge in [0.2, 0.25) is 0 Å². The van der Waals surface area contributed by atoms with Crippen molar-refractivity contribution in [2.75, 3.05) is 0 Å². The van der Waals surface area contributed by atoms with Crippen molar-refractivity contribution in [3.8, 4) is 23.1 Å². The number of hydrogen-bond acceptors (Lipinski definition) is 1. The lowest BCUT2D eigenvalue weighted by atomic mass is 10.1. The zero-order valence-corrected chi connectivity index (χ0v) is 25.3. The fraction of sp³-hybridized carbons (Fsp3) is 0. The molecule has 10 rings (SSSR count). The number of hydrogen-bond donors (Lipinski definition) is 0. The third-order valence-electron chi connectivity index (χ3n) is 9.64. The first-order chi connectivity index (χ1) is 23.3. The Balaban J connectivity index is 1.38. The van der Waals surface area contributed by atoms with Gasteiger partial charge in [-0.1, -0.05) is 91.0 Å². The zero-order valence-electron chi connectivity index (χ0n) is 25.3. The Hall–Kier alpha value is -6.57. The molecule has 10 aromatic rings. The van der Waals surface area contributed by atoms with Crippen LogP contribution in [0, 0.1) is 11.3 Å². The highest BCUT2D eigenvalue weighted by atomic mass is 15.0. The third-order valence-corrected chi connectivity index (χ3v) is 9.64. The Morgan fingerprint density at radius 2 is 0.894 bits per heavy atom. The van der Waals surface area contributed by atoms with Gasteiger partial charge in [-0.05, 0) is 66.7 Å². The van der Waals surface area contributed by atoms with Crippen molar-refractivity contribution < 1.29 is 0 Å². The molecule has 218 valence electrons. The Labute approximate surface area is 270 Å². The molecule has 0 saturated heterocycles. The largest absolute Gasteiger partial charge is 0.309 e. The van der Waals surface area contributed by atoms with E-state index in [-0.39, 0.29) is 0 Å². The number of para-hydroxylation sites is 4. The van der Waals surface area contributed by atoms with Gasteiger partial charge >= 0.3 is 0 Å². The lowest BCUT2D eigenvalue weighted by molar-refractivity contribution is 1.16. The summed E-state index contributed by atoms with van der Waals surface area (Å²) >= 11 is 0. The van der Waals surface area contributed by atoms with Crippen LogP contribution in [0.3, 0.4) is 0 Å². The molecule has 7 aromatic carbocycles. The summed E-state index contributed by atoms with van der Waals surface area (Å²) in [6, 6.07) is 58.3. The van der Waals surface area contributed by atoms with Crippen molar-refractivity contribution in [1.29, 1.82) is 5.26 Å². The number of fused-ring (bicyclic) bond motifs is 10. The number of nitriles is 1. The molecule has 0 aliphatic rings. The lowest BCUT2D eigenvalue weighted by Crippen LogP contribution is -1.97. The minimum absolute atomic E-state index is 0.647. The predicted molar refractivity (Wildman–Crippen MR) is 194 cm³/mol. The van der Waals surface area contributed by atoms with Crippen LogP contribution in [0.25, 0.3) is 82.5 Å². The van der Waals surface area contributed by atoms with Crippen LogP contribution >= 0.6 is 0 Å². The second kappa shape index (κ2) is 9.71. The van der Waals surface area contributed by atoms with Gasteiger partial charge < -0.3 is 13.7 Å². The van der Waals surface area contributed by atoms with E-state index < -0.39 is 0 Å². The molecule has 0 spiro atoms. The van der Waals surface area contributed by atoms with Crippen LogP contribution < -0.4 is 0 Å². The summed E-state index contributed by atoms with van der Waals surface area (Å²) in [5.74, 6) is 0. The first-order valence-electron chi connectivity index (χ1n) is 15.8. The van der Waals surface area contributed by atoms with Crippen molar-refractivity contribution in [1.82, 2.24) is 13.7 Å². The number of nitrogens with zero attached hydrogens (tertiary/aromatic N) is 4. The van der Waals surface area contributed by atoms with Crippen LogP contribution in [0.4, 0.5) is 0 Å². The highest BCUT2D eigenvalue weighted by Crippen LogP contribution is 2.43.